The highest BCUT2D eigenvalue weighted by atomic mass is 127. The van der Waals surface area contributed by atoms with Crippen molar-refractivity contribution in [2.45, 2.75) is 6.04 Å². The molecule has 7 nitrogen and oxygen atoms in total. The Hall–Kier alpha value is -1.13. The number of nitrogens with zero attached hydrogens (tertiary/aromatic N) is 6. The zero-order valence-electron chi connectivity index (χ0n) is 16.1. The van der Waals surface area contributed by atoms with Crippen molar-refractivity contribution in [1.29, 1.82) is 0 Å². The van der Waals surface area contributed by atoms with E-state index in [4.69, 9.17) is 0 Å². The lowest BCUT2D eigenvalue weighted by Gasteiger charge is -2.40. The second kappa shape index (κ2) is 10.3. The maximum absolute atomic E-state index is 4.50. The first-order valence-corrected chi connectivity index (χ1v) is 9.17. The fourth-order valence-electron chi connectivity index (χ4n) is 3.55. The largest absolute Gasteiger partial charge is 0.355 e. The Bertz CT molecular complexity index is 560. The Balaban J connectivity index is 0.00000243. The highest BCUT2D eigenvalue weighted by Crippen LogP contribution is 2.12. The second-order valence-electron chi connectivity index (χ2n) is 6.99. The van der Waals surface area contributed by atoms with Crippen LogP contribution < -0.4 is 10.2 Å². The van der Waals surface area contributed by atoms with Gasteiger partial charge in [-0.25, -0.2) is 4.98 Å². The highest BCUT2D eigenvalue weighted by Gasteiger charge is 2.24. The Morgan fingerprint density at radius 2 is 1.92 bits per heavy atom. The molecule has 3 heterocycles. The third kappa shape index (κ3) is 5.43. The molecule has 146 valence electrons. The predicted octanol–water partition coefficient (Wildman–Crippen LogP) is 0.643. The molecule has 0 aliphatic carbocycles. The molecule has 1 N–H and O–H groups in total. The van der Waals surface area contributed by atoms with Gasteiger partial charge < -0.3 is 20.0 Å². The number of aromatic nitrogens is 1. The topological polar surface area (TPSA) is 50.2 Å². The summed E-state index contributed by atoms with van der Waals surface area (Å²) >= 11 is 0. The van der Waals surface area contributed by atoms with Crippen LogP contribution in [-0.2, 0) is 0 Å². The van der Waals surface area contributed by atoms with Crippen LogP contribution in [0.4, 0.5) is 5.82 Å². The molecule has 8 heteroatoms. The maximum atomic E-state index is 4.50. The van der Waals surface area contributed by atoms with Crippen LogP contribution >= 0.6 is 24.0 Å². The third-order valence-corrected chi connectivity index (χ3v) is 5.24. The van der Waals surface area contributed by atoms with E-state index in [-0.39, 0.29) is 24.0 Å². The minimum atomic E-state index is 0. The molecule has 1 aromatic rings. The molecule has 2 fully saturated rings. The van der Waals surface area contributed by atoms with E-state index in [9.17, 15) is 0 Å². The average Bonchev–Trinajstić information content (AvgIpc) is 2.66. The van der Waals surface area contributed by atoms with Gasteiger partial charge in [-0.1, -0.05) is 6.07 Å². The zero-order valence-corrected chi connectivity index (χ0v) is 18.5. The SMILES string of the molecule is CN=C(NCC1CN(C)CCN1C)N1CCN(c2ccccn2)CC1.I. The highest BCUT2D eigenvalue weighted by molar-refractivity contribution is 14.0. The molecular weight excluding hydrogens is 441 g/mol. The van der Waals surface area contributed by atoms with Gasteiger partial charge in [0.05, 0.1) is 0 Å². The molecule has 3 rings (SSSR count). The van der Waals surface area contributed by atoms with Crippen molar-refractivity contribution in [2.24, 2.45) is 4.99 Å². The molecule has 0 bridgehead atoms. The van der Waals surface area contributed by atoms with Crippen molar-refractivity contribution in [1.82, 2.24) is 25.0 Å². The smallest absolute Gasteiger partial charge is 0.193 e. The number of aliphatic imine (C=N–C) groups is 1. The van der Waals surface area contributed by atoms with Gasteiger partial charge in [-0.05, 0) is 26.2 Å². The fourth-order valence-corrected chi connectivity index (χ4v) is 3.55. The lowest BCUT2D eigenvalue weighted by molar-refractivity contribution is 0.116. The van der Waals surface area contributed by atoms with Crippen LogP contribution in [0, 0.1) is 0 Å². The quantitative estimate of drug-likeness (QED) is 0.395. The number of guanidine groups is 1. The molecule has 2 saturated heterocycles. The third-order valence-electron chi connectivity index (χ3n) is 5.24. The summed E-state index contributed by atoms with van der Waals surface area (Å²) in [5.74, 6) is 2.08. The summed E-state index contributed by atoms with van der Waals surface area (Å²) in [6.07, 6.45) is 1.86. The molecule has 2 aliphatic heterocycles. The van der Waals surface area contributed by atoms with Crippen LogP contribution in [0.5, 0.6) is 0 Å². The molecule has 1 aromatic heterocycles. The number of piperazine rings is 2. The summed E-state index contributed by atoms with van der Waals surface area (Å²) in [4.78, 5) is 18.5. The first-order chi connectivity index (χ1) is 12.2. The van der Waals surface area contributed by atoms with Crippen molar-refractivity contribution in [3.05, 3.63) is 24.4 Å². The molecule has 0 amide bonds. The minimum Gasteiger partial charge on any atom is -0.355 e. The van der Waals surface area contributed by atoms with E-state index in [1.165, 1.54) is 0 Å². The first-order valence-electron chi connectivity index (χ1n) is 9.17. The number of hydrogen-bond acceptors (Lipinski definition) is 5. The lowest BCUT2D eigenvalue weighted by atomic mass is 10.2. The summed E-state index contributed by atoms with van der Waals surface area (Å²) in [6.45, 7) is 8.21. The minimum absolute atomic E-state index is 0. The Morgan fingerprint density at radius 3 is 2.58 bits per heavy atom. The van der Waals surface area contributed by atoms with E-state index in [1.54, 1.807) is 0 Å². The second-order valence-corrected chi connectivity index (χ2v) is 6.99. The fraction of sp³-hybridized carbons (Fsp3) is 0.667. The van der Waals surface area contributed by atoms with Gasteiger partial charge in [-0.2, -0.15) is 0 Å². The molecule has 0 aromatic carbocycles. The van der Waals surface area contributed by atoms with E-state index >= 15 is 0 Å². The number of halogens is 1. The van der Waals surface area contributed by atoms with Crippen LogP contribution in [0.1, 0.15) is 0 Å². The maximum Gasteiger partial charge on any atom is 0.193 e. The predicted molar refractivity (Wildman–Crippen MR) is 119 cm³/mol. The zero-order chi connectivity index (χ0) is 17.6. The van der Waals surface area contributed by atoms with E-state index in [1.807, 2.05) is 25.4 Å². The van der Waals surface area contributed by atoms with Crippen molar-refractivity contribution in [3.8, 4) is 0 Å². The van der Waals surface area contributed by atoms with Gasteiger partial charge in [0.2, 0.25) is 0 Å². The summed E-state index contributed by atoms with van der Waals surface area (Å²) in [5, 5.41) is 3.59. The number of rotatable bonds is 3. The summed E-state index contributed by atoms with van der Waals surface area (Å²) in [5.41, 5.74) is 0. The average molecular weight is 473 g/mol. The number of pyridine rings is 1. The normalized spacial score (nSPS) is 22.9. The van der Waals surface area contributed by atoms with E-state index < -0.39 is 0 Å². The molecule has 0 saturated carbocycles. The van der Waals surface area contributed by atoms with Gasteiger partial charge in [-0.15, -0.1) is 24.0 Å². The molecule has 2 aliphatic rings. The van der Waals surface area contributed by atoms with Crippen LogP contribution in [0.3, 0.4) is 0 Å². The number of anilines is 1. The number of hydrogen-bond donors (Lipinski definition) is 1. The van der Waals surface area contributed by atoms with Gasteiger partial charge in [-0.3, -0.25) is 9.89 Å². The number of likely N-dealkylation sites (N-methyl/N-ethyl adjacent to an activating group) is 2. The van der Waals surface area contributed by atoms with Crippen molar-refractivity contribution < 1.29 is 0 Å². The van der Waals surface area contributed by atoms with Crippen molar-refractivity contribution in [3.63, 3.8) is 0 Å². The lowest BCUT2D eigenvalue weighted by Crippen LogP contribution is -2.57. The molecule has 0 spiro atoms. The van der Waals surface area contributed by atoms with Gasteiger partial charge in [0.15, 0.2) is 5.96 Å². The van der Waals surface area contributed by atoms with Crippen LogP contribution in [0.15, 0.2) is 29.4 Å². The Kier molecular flexibility index (Phi) is 8.36. The van der Waals surface area contributed by atoms with Gasteiger partial charge >= 0.3 is 0 Å². The Morgan fingerprint density at radius 1 is 1.15 bits per heavy atom. The summed E-state index contributed by atoms with van der Waals surface area (Å²) in [7, 11) is 6.30. The van der Waals surface area contributed by atoms with E-state index in [0.717, 1.165) is 64.1 Å². The Labute approximate surface area is 174 Å². The van der Waals surface area contributed by atoms with Crippen molar-refractivity contribution >= 4 is 35.8 Å². The summed E-state index contributed by atoms with van der Waals surface area (Å²) in [6, 6.07) is 6.63. The standard InChI is InChI=1S/C18H31N7.HI/c1-19-18(21-14-16-15-22(2)8-9-23(16)3)25-12-10-24(11-13-25)17-6-4-5-7-20-17;/h4-7,16H,8-15H2,1-3H3,(H,19,21);1H. The van der Waals surface area contributed by atoms with Crippen LogP contribution in [-0.4, -0.2) is 105 Å². The van der Waals surface area contributed by atoms with Gasteiger partial charge in [0.1, 0.15) is 5.82 Å². The molecule has 26 heavy (non-hydrogen) atoms. The van der Waals surface area contributed by atoms with Crippen LogP contribution in [0.25, 0.3) is 0 Å². The molecule has 0 radical (unpaired) electrons. The number of nitrogens with one attached hydrogen (secondary N) is 1. The molecular formula is C18H32IN7. The van der Waals surface area contributed by atoms with Crippen molar-refractivity contribution in [2.75, 3.05) is 78.4 Å². The summed E-state index contributed by atoms with van der Waals surface area (Å²) < 4.78 is 0. The van der Waals surface area contributed by atoms with Crippen LogP contribution in [0.2, 0.25) is 0 Å². The first kappa shape index (κ1) is 21.2. The van der Waals surface area contributed by atoms with E-state index in [2.05, 4.69) is 55.1 Å². The van der Waals surface area contributed by atoms with Gasteiger partial charge in [0, 0.05) is 71.6 Å². The van der Waals surface area contributed by atoms with Gasteiger partial charge in [0.25, 0.3) is 0 Å². The van der Waals surface area contributed by atoms with E-state index in [0.29, 0.717) is 6.04 Å². The molecule has 1 unspecified atom stereocenters. The monoisotopic (exact) mass is 473 g/mol. The molecule has 1 atom stereocenters.